The highest BCUT2D eigenvalue weighted by Crippen LogP contribution is 2.16. The Morgan fingerprint density at radius 3 is 2.32 bits per heavy atom. The largest absolute Gasteiger partial charge is 0.494 e. The number of carbonyl (C=O) groups is 2. The van der Waals surface area contributed by atoms with Crippen LogP contribution in [0.15, 0.2) is 54.6 Å². The third-order valence-electron chi connectivity index (χ3n) is 5.53. The number of hydrogen-bond acceptors (Lipinski definition) is 5. The standard InChI is InChI=1S/C25H33N3O3/c1-2-31-23-11-9-21(10-12-23)24(29)13-14-25(30)26-15-6-16-27-17-19-28(20-18-27)22-7-4-3-5-8-22/h3-5,7-12H,2,6,13-20H2,1H3,(H,26,30). The van der Waals surface area contributed by atoms with Crippen molar-refractivity contribution in [2.45, 2.75) is 26.2 Å². The first-order chi connectivity index (χ1) is 15.2. The highest BCUT2D eigenvalue weighted by Gasteiger charge is 2.16. The van der Waals surface area contributed by atoms with E-state index in [1.807, 2.05) is 13.0 Å². The maximum Gasteiger partial charge on any atom is 0.220 e. The molecule has 1 saturated heterocycles. The fraction of sp³-hybridized carbons (Fsp3) is 0.440. The fourth-order valence-electron chi connectivity index (χ4n) is 3.76. The van der Waals surface area contributed by atoms with Gasteiger partial charge in [0.1, 0.15) is 5.75 Å². The van der Waals surface area contributed by atoms with Gasteiger partial charge in [0.15, 0.2) is 5.78 Å². The van der Waals surface area contributed by atoms with Crippen LogP contribution in [0.4, 0.5) is 5.69 Å². The van der Waals surface area contributed by atoms with Gasteiger partial charge in [-0.25, -0.2) is 0 Å². The summed E-state index contributed by atoms with van der Waals surface area (Å²) in [5, 5.41) is 2.94. The number of anilines is 1. The Labute approximate surface area is 185 Å². The average Bonchev–Trinajstić information content (AvgIpc) is 2.82. The lowest BCUT2D eigenvalue weighted by molar-refractivity contribution is -0.121. The van der Waals surface area contributed by atoms with Gasteiger partial charge < -0.3 is 15.0 Å². The van der Waals surface area contributed by atoms with E-state index in [1.165, 1.54) is 5.69 Å². The molecule has 2 aromatic carbocycles. The first-order valence-corrected chi connectivity index (χ1v) is 11.2. The number of benzene rings is 2. The van der Waals surface area contributed by atoms with Gasteiger partial charge in [0.25, 0.3) is 0 Å². The predicted molar refractivity (Wildman–Crippen MR) is 124 cm³/mol. The topological polar surface area (TPSA) is 61.9 Å². The Balaban J connectivity index is 1.26. The predicted octanol–water partition coefficient (Wildman–Crippen LogP) is 3.38. The minimum absolute atomic E-state index is 0.0190. The Morgan fingerprint density at radius 2 is 1.65 bits per heavy atom. The maximum atomic E-state index is 12.3. The summed E-state index contributed by atoms with van der Waals surface area (Å²) in [6, 6.07) is 17.6. The fourth-order valence-corrected chi connectivity index (χ4v) is 3.76. The zero-order chi connectivity index (χ0) is 21.9. The molecule has 1 N–H and O–H groups in total. The Morgan fingerprint density at radius 1 is 0.935 bits per heavy atom. The van der Waals surface area contributed by atoms with E-state index in [9.17, 15) is 9.59 Å². The summed E-state index contributed by atoms with van der Waals surface area (Å²) in [7, 11) is 0. The smallest absolute Gasteiger partial charge is 0.220 e. The number of Topliss-reactive ketones (excluding diaryl/α,β-unsaturated/α-hetero) is 1. The molecular weight excluding hydrogens is 390 g/mol. The van der Waals surface area contributed by atoms with Crippen LogP contribution in [0.25, 0.3) is 0 Å². The molecule has 1 aliphatic rings. The Kier molecular flexibility index (Phi) is 8.91. The number of nitrogens with one attached hydrogen (secondary N) is 1. The van der Waals surface area contributed by atoms with Crippen molar-refractivity contribution in [1.82, 2.24) is 10.2 Å². The molecule has 1 amide bonds. The normalized spacial score (nSPS) is 14.3. The first kappa shape index (κ1) is 22.8. The van der Waals surface area contributed by atoms with E-state index in [2.05, 4.69) is 39.4 Å². The molecule has 6 nitrogen and oxygen atoms in total. The summed E-state index contributed by atoms with van der Waals surface area (Å²) in [6.45, 7) is 8.29. The van der Waals surface area contributed by atoms with Crippen LogP contribution in [-0.4, -0.2) is 62.5 Å². The molecule has 3 rings (SSSR count). The molecular formula is C25H33N3O3. The molecule has 0 bridgehead atoms. The van der Waals surface area contributed by atoms with E-state index < -0.39 is 0 Å². The summed E-state index contributed by atoms with van der Waals surface area (Å²) >= 11 is 0. The third-order valence-corrected chi connectivity index (χ3v) is 5.53. The first-order valence-electron chi connectivity index (χ1n) is 11.2. The molecule has 2 aromatic rings. The van der Waals surface area contributed by atoms with E-state index in [0.29, 0.717) is 18.7 Å². The van der Waals surface area contributed by atoms with E-state index >= 15 is 0 Å². The van der Waals surface area contributed by atoms with Crippen molar-refractivity contribution in [2.75, 3.05) is 50.8 Å². The molecule has 1 heterocycles. The van der Waals surface area contributed by atoms with Crippen LogP contribution in [0, 0.1) is 0 Å². The third kappa shape index (κ3) is 7.40. The summed E-state index contributed by atoms with van der Waals surface area (Å²) in [4.78, 5) is 29.2. The SMILES string of the molecule is CCOc1ccc(C(=O)CCC(=O)NCCCN2CCN(c3ccccc3)CC2)cc1. The quantitative estimate of drug-likeness (QED) is 0.444. The Hall–Kier alpha value is -2.86. The van der Waals surface area contributed by atoms with Crippen molar-refractivity contribution in [2.24, 2.45) is 0 Å². The highest BCUT2D eigenvalue weighted by atomic mass is 16.5. The lowest BCUT2D eigenvalue weighted by Gasteiger charge is -2.36. The summed E-state index contributed by atoms with van der Waals surface area (Å²) in [5.41, 5.74) is 1.90. The van der Waals surface area contributed by atoms with Crippen LogP contribution >= 0.6 is 0 Å². The van der Waals surface area contributed by atoms with Gasteiger partial charge in [0.2, 0.25) is 5.91 Å². The van der Waals surface area contributed by atoms with Crippen molar-refractivity contribution in [1.29, 1.82) is 0 Å². The van der Waals surface area contributed by atoms with Gasteiger partial charge in [-0.05, 0) is 56.3 Å². The summed E-state index contributed by atoms with van der Waals surface area (Å²) < 4.78 is 5.38. The molecule has 0 saturated carbocycles. The lowest BCUT2D eigenvalue weighted by atomic mass is 10.1. The molecule has 0 spiro atoms. The van der Waals surface area contributed by atoms with Gasteiger partial charge in [0, 0.05) is 56.8 Å². The highest BCUT2D eigenvalue weighted by molar-refractivity contribution is 5.98. The Bertz CT molecular complexity index is 816. The second kappa shape index (κ2) is 12.1. The molecule has 0 aliphatic carbocycles. The number of ketones is 1. The van der Waals surface area contributed by atoms with Crippen LogP contribution in [-0.2, 0) is 4.79 Å². The maximum absolute atomic E-state index is 12.3. The minimum atomic E-state index is -0.0619. The molecule has 31 heavy (non-hydrogen) atoms. The number of para-hydroxylation sites is 1. The molecule has 1 fully saturated rings. The number of amides is 1. The second-order valence-corrected chi connectivity index (χ2v) is 7.75. The van der Waals surface area contributed by atoms with Crippen molar-refractivity contribution >= 4 is 17.4 Å². The van der Waals surface area contributed by atoms with Gasteiger partial charge >= 0.3 is 0 Å². The number of ether oxygens (including phenoxy) is 1. The molecule has 1 aliphatic heterocycles. The van der Waals surface area contributed by atoms with Crippen LogP contribution < -0.4 is 15.0 Å². The second-order valence-electron chi connectivity index (χ2n) is 7.75. The zero-order valence-electron chi connectivity index (χ0n) is 18.4. The van der Waals surface area contributed by atoms with E-state index in [-0.39, 0.29) is 24.5 Å². The summed E-state index contributed by atoms with van der Waals surface area (Å²) in [5.74, 6) is 0.668. The molecule has 166 valence electrons. The lowest BCUT2D eigenvalue weighted by Crippen LogP contribution is -2.47. The van der Waals surface area contributed by atoms with Gasteiger partial charge in [-0.3, -0.25) is 14.5 Å². The van der Waals surface area contributed by atoms with Crippen molar-refractivity contribution in [3.63, 3.8) is 0 Å². The monoisotopic (exact) mass is 423 g/mol. The number of piperazine rings is 1. The number of carbonyl (C=O) groups excluding carboxylic acids is 2. The van der Waals surface area contributed by atoms with Crippen LogP contribution in [0.2, 0.25) is 0 Å². The van der Waals surface area contributed by atoms with Crippen LogP contribution in [0.1, 0.15) is 36.5 Å². The number of nitrogens with zero attached hydrogens (tertiary/aromatic N) is 2. The van der Waals surface area contributed by atoms with E-state index in [4.69, 9.17) is 4.74 Å². The molecule has 0 radical (unpaired) electrons. The van der Waals surface area contributed by atoms with Crippen molar-refractivity contribution in [3.05, 3.63) is 60.2 Å². The van der Waals surface area contributed by atoms with Gasteiger partial charge in [-0.15, -0.1) is 0 Å². The van der Waals surface area contributed by atoms with E-state index in [1.54, 1.807) is 24.3 Å². The molecule has 0 atom stereocenters. The molecule has 0 unspecified atom stereocenters. The number of rotatable bonds is 11. The van der Waals surface area contributed by atoms with Crippen LogP contribution in [0.3, 0.4) is 0 Å². The zero-order valence-corrected chi connectivity index (χ0v) is 18.4. The van der Waals surface area contributed by atoms with Gasteiger partial charge in [0.05, 0.1) is 6.61 Å². The minimum Gasteiger partial charge on any atom is -0.494 e. The van der Waals surface area contributed by atoms with E-state index in [0.717, 1.165) is 44.9 Å². The van der Waals surface area contributed by atoms with Crippen molar-refractivity contribution < 1.29 is 14.3 Å². The van der Waals surface area contributed by atoms with Gasteiger partial charge in [-0.2, -0.15) is 0 Å². The molecule has 6 heteroatoms. The summed E-state index contributed by atoms with van der Waals surface area (Å²) in [6.07, 6.45) is 1.37. The molecule has 0 aromatic heterocycles. The van der Waals surface area contributed by atoms with Gasteiger partial charge in [-0.1, -0.05) is 18.2 Å². The number of hydrogen-bond donors (Lipinski definition) is 1. The van der Waals surface area contributed by atoms with Crippen molar-refractivity contribution in [3.8, 4) is 5.75 Å². The average molecular weight is 424 g/mol. The van der Waals surface area contributed by atoms with Crippen LogP contribution in [0.5, 0.6) is 5.75 Å².